The van der Waals surface area contributed by atoms with Crippen LogP contribution in [0.4, 0.5) is 5.69 Å². The summed E-state index contributed by atoms with van der Waals surface area (Å²) < 4.78 is 5.34. The molecule has 0 aliphatic rings. The summed E-state index contributed by atoms with van der Waals surface area (Å²) in [6.07, 6.45) is 1.54. The molecule has 2 aromatic rings. The maximum absolute atomic E-state index is 5.34. The Morgan fingerprint density at radius 3 is 2.87 bits per heavy atom. The minimum absolute atomic E-state index is 0.698. The molecule has 0 atom stereocenters. The molecule has 1 aromatic carbocycles. The first kappa shape index (κ1) is 9.51. The van der Waals surface area contributed by atoms with E-state index in [1.165, 1.54) is 0 Å². The number of nitrogens with one attached hydrogen (secondary N) is 2. The van der Waals surface area contributed by atoms with Gasteiger partial charge in [-0.3, -0.25) is 0 Å². The van der Waals surface area contributed by atoms with Crippen LogP contribution in [0.3, 0.4) is 0 Å². The van der Waals surface area contributed by atoms with Gasteiger partial charge in [-0.1, -0.05) is 6.07 Å². The van der Waals surface area contributed by atoms with Gasteiger partial charge in [-0.2, -0.15) is 0 Å². The molecule has 2 rings (SSSR count). The molecule has 0 unspecified atom stereocenters. The van der Waals surface area contributed by atoms with Crippen molar-refractivity contribution in [3.8, 4) is 17.1 Å². The smallest absolute Gasteiger partial charge is 0.164 e. The summed E-state index contributed by atoms with van der Waals surface area (Å²) in [6.45, 7) is 0. The molecule has 0 fully saturated rings. The average Bonchev–Trinajstić information content (AvgIpc) is 2.81. The number of nitrogens with zero attached hydrogens (tertiary/aromatic N) is 2. The monoisotopic (exact) mass is 204 g/mol. The lowest BCUT2D eigenvalue weighted by Gasteiger charge is -2.10. The molecule has 0 aliphatic heterocycles. The number of methoxy groups -OCH3 is 1. The molecule has 1 heterocycles. The van der Waals surface area contributed by atoms with Crippen LogP contribution in [0.1, 0.15) is 0 Å². The van der Waals surface area contributed by atoms with Crippen molar-refractivity contribution in [2.45, 2.75) is 0 Å². The van der Waals surface area contributed by atoms with Gasteiger partial charge in [0.05, 0.1) is 18.4 Å². The van der Waals surface area contributed by atoms with Gasteiger partial charge in [0.2, 0.25) is 0 Å². The third-order valence-electron chi connectivity index (χ3n) is 2.16. The quantitative estimate of drug-likeness (QED) is 0.795. The van der Waals surface area contributed by atoms with Gasteiger partial charge in [0.25, 0.3) is 0 Å². The fourth-order valence-corrected chi connectivity index (χ4v) is 1.48. The summed E-state index contributed by atoms with van der Waals surface area (Å²) >= 11 is 0. The van der Waals surface area contributed by atoms with Crippen LogP contribution in [0.15, 0.2) is 24.5 Å². The Bertz CT molecular complexity index is 439. The molecule has 5 nitrogen and oxygen atoms in total. The topological polar surface area (TPSA) is 62.8 Å². The molecule has 0 amide bonds. The first-order chi connectivity index (χ1) is 7.36. The van der Waals surface area contributed by atoms with Gasteiger partial charge in [0.1, 0.15) is 6.33 Å². The first-order valence-electron chi connectivity index (χ1n) is 4.58. The number of anilines is 1. The van der Waals surface area contributed by atoms with E-state index in [1.54, 1.807) is 13.4 Å². The van der Waals surface area contributed by atoms with Crippen molar-refractivity contribution in [1.29, 1.82) is 0 Å². The van der Waals surface area contributed by atoms with Crippen LogP contribution in [0.25, 0.3) is 11.4 Å². The Morgan fingerprint density at radius 2 is 2.27 bits per heavy atom. The molecule has 1 aromatic heterocycles. The van der Waals surface area contributed by atoms with Crippen LogP contribution in [0.2, 0.25) is 0 Å². The van der Waals surface area contributed by atoms with E-state index < -0.39 is 0 Å². The minimum Gasteiger partial charge on any atom is -0.494 e. The summed E-state index contributed by atoms with van der Waals surface area (Å²) in [5.41, 5.74) is 1.81. The molecule has 0 saturated carbocycles. The second-order valence-corrected chi connectivity index (χ2v) is 2.97. The Balaban J connectivity index is 2.56. The molecular weight excluding hydrogens is 192 g/mol. The van der Waals surface area contributed by atoms with Gasteiger partial charge in [-0.05, 0) is 12.1 Å². The van der Waals surface area contributed by atoms with Crippen molar-refractivity contribution in [3.63, 3.8) is 0 Å². The molecule has 5 heteroatoms. The highest BCUT2D eigenvalue weighted by Crippen LogP contribution is 2.33. The van der Waals surface area contributed by atoms with Crippen LogP contribution >= 0.6 is 0 Å². The number of H-pyrrole nitrogens is 1. The second-order valence-electron chi connectivity index (χ2n) is 2.97. The lowest BCUT2D eigenvalue weighted by atomic mass is 10.1. The van der Waals surface area contributed by atoms with Crippen LogP contribution in [0, 0.1) is 0 Å². The summed E-state index contributed by atoms with van der Waals surface area (Å²) in [5, 5.41) is 10.8. The van der Waals surface area contributed by atoms with Gasteiger partial charge in [-0.25, -0.2) is 0 Å². The highest BCUT2D eigenvalue weighted by molar-refractivity contribution is 5.74. The van der Waals surface area contributed by atoms with Gasteiger partial charge in [-0.15, -0.1) is 10.2 Å². The summed E-state index contributed by atoms with van der Waals surface area (Å²) in [5.74, 6) is 1.46. The van der Waals surface area contributed by atoms with Crippen molar-refractivity contribution in [3.05, 3.63) is 24.5 Å². The van der Waals surface area contributed by atoms with Crippen molar-refractivity contribution < 1.29 is 4.74 Å². The molecule has 15 heavy (non-hydrogen) atoms. The van der Waals surface area contributed by atoms with E-state index in [0.29, 0.717) is 5.82 Å². The zero-order chi connectivity index (χ0) is 10.7. The van der Waals surface area contributed by atoms with Gasteiger partial charge in [0, 0.05) is 7.05 Å². The maximum atomic E-state index is 5.34. The maximum Gasteiger partial charge on any atom is 0.164 e. The standard InChI is InChI=1S/C10H12N4O/c1-11-8-5-3-4-7(9(8)15-2)10-12-6-13-14-10/h3-6,11H,1-2H3,(H,12,13,14). The molecule has 2 N–H and O–H groups in total. The number of hydrogen-bond acceptors (Lipinski definition) is 4. The molecule has 0 radical (unpaired) electrons. The number of para-hydroxylation sites is 1. The normalized spacial score (nSPS) is 10.0. The lowest BCUT2D eigenvalue weighted by molar-refractivity contribution is 0.418. The first-order valence-corrected chi connectivity index (χ1v) is 4.58. The average molecular weight is 204 g/mol. The van der Waals surface area contributed by atoms with Gasteiger partial charge in [0.15, 0.2) is 11.6 Å². The molecular formula is C10H12N4O. The van der Waals surface area contributed by atoms with E-state index in [1.807, 2.05) is 25.2 Å². The van der Waals surface area contributed by atoms with E-state index in [2.05, 4.69) is 20.5 Å². The zero-order valence-electron chi connectivity index (χ0n) is 8.61. The van der Waals surface area contributed by atoms with E-state index in [-0.39, 0.29) is 0 Å². The van der Waals surface area contributed by atoms with Crippen LogP contribution in [-0.2, 0) is 0 Å². The van der Waals surface area contributed by atoms with E-state index in [0.717, 1.165) is 17.0 Å². The highest BCUT2D eigenvalue weighted by atomic mass is 16.5. The molecule has 0 spiro atoms. The predicted molar refractivity (Wildman–Crippen MR) is 57.9 cm³/mol. The highest BCUT2D eigenvalue weighted by Gasteiger charge is 2.11. The fourth-order valence-electron chi connectivity index (χ4n) is 1.48. The molecule has 0 bridgehead atoms. The summed E-state index contributed by atoms with van der Waals surface area (Å²) in [6, 6.07) is 5.81. The molecule has 78 valence electrons. The number of ether oxygens (including phenoxy) is 1. The van der Waals surface area contributed by atoms with Gasteiger partial charge >= 0.3 is 0 Å². The third kappa shape index (κ3) is 1.63. The summed E-state index contributed by atoms with van der Waals surface area (Å²) in [4.78, 5) is 2.95. The van der Waals surface area contributed by atoms with Crippen molar-refractivity contribution in [2.24, 2.45) is 0 Å². The second kappa shape index (κ2) is 4.00. The number of rotatable bonds is 3. The van der Waals surface area contributed by atoms with Crippen molar-refractivity contribution in [1.82, 2.24) is 15.2 Å². The fraction of sp³-hybridized carbons (Fsp3) is 0.200. The van der Waals surface area contributed by atoms with E-state index in [9.17, 15) is 0 Å². The number of aromatic amines is 1. The van der Waals surface area contributed by atoms with Crippen LogP contribution in [-0.4, -0.2) is 29.3 Å². The predicted octanol–water partition coefficient (Wildman–Crippen LogP) is 1.52. The Hall–Kier alpha value is -2.04. The van der Waals surface area contributed by atoms with E-state index in [4.69, 9.17) is 4.74 Å². The van der Waals surface area contributed by atoms with Crippen molar-refractivity contribution >= 4 is 5.69 Å². The third-order valence-corrected chi connectivity index (χ3v) is 2.16. The van der Waals surface area contributed by atoms with Gasteiger partial charge < -0.3 is 15.0 Å². The Kier molecular flexibility index (Phi) is 2.53. The zero-order valence-corrected chi connectivity index (χ0v) is 8.61. The Labute approximate surface area is 87.5 Å². The number of aromatic nitrogens is 3. The Morgan fingerprint density at radius 1 is 1.40 bits per heavy atom. The number of hydrogen-bond donors (Lipinski definition) is 2. The SMILES string of the molecule is CNc1cccc(-c2nnc[nH]2)c1OC. The van der Waals surface area contributed by atoms with Crippen molar-refractivity contribution in [2.75, 3.05) is 19.5 Å². The summed E-state index contributed by atoms with van der Waals surface area (Å²) in [7, 11) is 3.48. The minimum atomic E-state index is 0.698. The van der Waals surface area contributed by atoms with Crippen LogP contribution < -0.4 is 10.1 Å². The largest absolute Gasteiger partial charge is 0.494 e. The molecule has 0 saturated heterocycles. The van der Waals surface area contributed by atoms with Crippen LogP contribution in [0.5, 0.6) is 5.75 Å². The van der Waals surface area contributed by atoms with E-state index >= 15 is 0 Å². The number of benzene rings is 1. The molecule has 0 aliphatic carbocycles. The lowest BCUT2D eigenvalue weighted by Crippen LogP contribution is -1.96.